The van der Waals surface area contributed by atoms with Crippen molar-refractivity contribution in [1.29, 1.82) is 0 Å². The Balaban J connectivity index is 1.98. The number of fused-ring (bicyclic) bond motifs is 1. The molecule has 142 valence electrons. The summed E-state index contributed by atoms with van der Waals surface area (Å²) in [5.74, 6) is -0.696. The van der Waals surface area contributed by atoms with E-state index in [4.69, 9.17) is 13.9 Å². The van der Waals surface area contributed by atoms with Crippen molar-refractivity contribution in [1.82, 2.24) is 4.98 Å². The van der Waals surface area contributed by atoms with Gasteiger partial charge in [0.2, 0.25) is 5.89 Å². The Bertz CT molecular complexity index is 998. The number of benzene rings is 2. The zero-order valence-electron chi connectivity index (χ0n) is 14.6. The van der Waals surface area contributed by atoms with Gasteiger partial charge in [0, 0.05) is 18.3 Å². The van der Waals surface area contributed by atoms with Crippen molar-refractivity contribution in [2.24, 2.45) is 0 Å². The van der Waals surface area contributed by atoms with E-state index in [2.05, 4.69) is 4.98 Å². The summed E-state index contributed by atoms with van der Waals surface area (Å²) in [6.07, 6.45) is -4.96. The van der Waals surface area contributed by atoms with Gasteiger partial charge >= 0.3 is 12.1 Å². The highest BCUT2D eigenvalue weighted by atomic mass is 19.4. The maximum absolute atomic E-state index is 12.6. The van der Waals surface area contributed by atoms with E-state index >= 15 is 0 Å². The van der Waals surface area contributed by atoms with Gasteiger partial charge in [-0.25, -0.2) is 4.98 Å². The smallest absolute Gasteiger partial charge is 0.471 e. The van der Waals surface area contributed by atoms with Crippen LogP contribution in [0.25, 0.3) is 22.6 Å². The highest BCUT2D eigenvalue weighted by Crippen LogP contribution is 2.34. The van der Waals surface area contributed by atoms with Crippen LogP contribution in [0.15, 0.2) is 40.8 Å². The lowest BCUT2D eigenvalue weighted by molar-refractivity contribution is -0.170. The Morgan fingerprint density at radius 2 is 1.78 bits per heavy atom. The third kappa shape index (κ3) is 3.53. The molecule has 0 aliphatic rings. The Morgan fingerprint density at radius 1 is 1.07 bits per heavy atom. The van der Waals surface area contributed by atoms with E-state index < -0.39 is 12.1 Å². The van der Waals surface area contributed by atoms with E-state index in [9.17, 15) is 18.0 Å². The van der Waals surface area contributed by atoms with E-state index in [1.165, 1.54) is 32.4 Å². The first-order chi connectivity index (χ1) is 12.7. The average Bonchev–Trinajstić information content (AvgIpc) is 3.08. The van der Waals surface area contributed by atoms with Crippen LogP contribution < -0.4 is 14.4 Å². The summed E-state index contributed by atoms with van der Waals surface area (Å²) >= 11 is 0. The molecule has 0 unspecified atom stereocenters. The van der Waals surface area contributed by atoms with Gasteiger partial charge in [-0.05, 0) is 36.4 Å². The van der Waals surface area contributed by atoms with E-state index in [-0.39, 0.29) is 11.6 Å². The van der Waals surface area contributed by atoms with E-state index in [0.717, 1.165) is 7.05 Å². The maximum atomic E-state index is 12.6. The molecule has 0 bridgehead atoms. The molecule has 1 amide bonds. The molecule has 3 aromatic rings. The summed E-state index contributed by atoms with van der Waals surface area (Å²) in [4.78, 5) is 16.2. The van der Waals surface area contributed by atoms with Gasteiger partial charge in [0.05, 0.1) is 14.2 Å². The van der Waals surface area contributed by atoms with Gasteiger partial charge in [-0.15, -0.1) is 0 Å². The molecular weight excluding hydrogens is 365 g/mol. The summed E-state index contributed by atoms with van der Waals surface area (Å²) in [7, 11) is 4.05. The number of carbonyl (C=O) groups is 1. The van der Waals surface area contributed by atoms with Crippen molar-refractivity contribution in [3.8, 4) is 23.0 Å². The number of amides is 1. The SMILES string of the molecule is COc1ccc(-c2nc3cc(N(C)C(=O)C(F)(F)F)ccc3o2)cc1OC. The number of hydrogen-bond donors (Lipinski definition) is 0. The van der Waals surface area contributed by atoms with Crippen molar-refractivity contribution in [3.05, 3.63) is 36.4 Å². The fourth-order valence-corrected chi connectivity index (χ4v) is 2.52. The number of ether oxygens (including phenoxy) is 2. The number of hydrogen-bond acceptors (Lipinski definition) is 5. The number of halogens is 3. The largest absolute Gasteiger partial charge is 0.493 e. The van der Waals surface area contributed by atoms with Crippen LogP contribution in [0.2, 0.25) is 0 Å². The van der Waals surface area contributed by atoms with Gasteiger partial charge in [0.25, 0.3) is 0 Å². The number of methoxy groups -OCH3 is 2. The minimum Gasteiger partial charge on any atom is -0.493 e. The zero-order chi connectivity index (χ0) is 19.8. The Kier molecular flexibility index (Phi) is 4.69. The first-order valence-corrected chi connectivity index (χ1v) is 7.72. The molecule has 0 radical (unpaired) electrons. The normalized spacial score (nSPS) is 11.5. The quantitative estimate of drug-likeness (QED) is 0.684. The van der Waals surface area contributed by atoms with Crippen LogP contribution in [0.4, 0.5) is 18.9 Å². The predicted molar refractivity (Wildman–Crippen MR) is 92.0 cm³/mol. The van der Waals surface area contributed by atoms with Gasteiger partial charge in [-0.3, -0.25) is 4.79 Å². The second kappa shape index (κ2) is 6.82. The lowest BCUT2D eigenvalue weighted by atomic mass is 10.2. The Morgan fingerprint density at radius 3 is 2.41 bits per heavy atom. The molecule has 2 aromatic carbocycles. The molecule has 6 nitrogen and oxygen atoms in total. The lowest BCUT2D eigenvalue weighted by Gasteiger charge is -2.18. The monoisotopic (exact) mass is 380 g/mol. The fourth-order valence-electron chi connectivity index (χ4n) is 2.52. The number of aromatic nitrogens is 1. The summed E-state index contributed by atoms with van der Waals surface area (Å²) in [6, 6.07) is 9.24. The number of nitrogens with zero attached hydrogens (tertiary/aromatic N) is 2. The van der Waals surface area contributed by atoms with Gasteiger partial charge in [0.1, 0.15) is 5.52 Å². The molecule has 0 fully saturated rings. The molecule has 3 rings (SSSR count). The molecule has 0 aliphatic heterocycles. The number of oxazole rings is 1. The predicted octanol–water partition coefficient (Wildman–Crippen LogP) is 4.04. The Hall–Kier alpha value is -3.23. The molecule has 1 aromatic heterocycles. The minimum atomic E-state index is -4.96. The molecule has 0 saturated heterocycles. The first kappa shape index (κ1) is 18.6. The van der Waals surface area contributed by atoms with Crippen LogP contribution in [0.5, 0.6) is 11.5 Å². The van der Waals surface area contributed by atoms with E-state index in [0.29, 0.717) is 33.1 Å². The third-order valence-electron chi connectivity index (χ3n) is 3.94. The van der Waals surface area contributed by atoms with Gasteiger partial charge in [-0.1, -0.05) is 0 Å². The Labute approximate surface area is 152 Å². The number of rotatable bonds is 4. The lowest BCUT2D eigenvalue weighted by Crippen LogP contribution is -2.38. The van der Waals surface area contributed by atoms with Crippen molar-refractivity contribution >= 4 is 22.7 Å². The third-order valence-corrected chi connectivity index (χ3v) is 3.94. The minimum absolute atomic E-state index is 0.0528. The topological polar surface area (TPSA) is 64.8 Å². The highest BCUT2D eigenvalue weighted by Gasteiger charge is 2.41. The molecule has 0 saturated carbocycles. The van der Waals surface area contributed by atoms with Crippen molar-refractivity contribution in [2.45, 2.75) is 6.18 Å². The van der Waals surface area contributed by atoms with Crippen LogP contribution in [-0.4, -0.2) is 38.3 Å². The van der Waals surface area contributed by atoms with Gasteiger partial charge in [0.15, 0.2) is 17.1 Å². The first-order valence-electron chi connectivity index (χ1n) is 7.72. The summed E-state index contributed by atoms with van der Waals surface area (Å²) in [6.45, 7) is 0. The summed E-state index contributed by atoms with van der Waals surface area (Å²) in [5.41, 5.74) is 1.35. The van der Waals surface area contributed by atoms with Crippen LogP contribution in [-0.2, 0) is 4.79 Å². The van der Waals surface area contributed by atoms with E-state index in [1.54, 1.807) is 18.2 Å². The van der Waals surface area contributed by atoms with Crippen molar-refractivity contribution in [2.75, 3.05) is 26.2 Å². The van der Waals surface area contributed by atoms with E-state index in [1.807, 2.05) is 0 Å². The summed E-state index contributed by atoms with van der Waals surface area (Å²) in [5, 5.41) is 0. The molecule has 0 spiro atoms. The van der Waals surface area contributed by atoms with Crippen LogP contribution in [0.3, 0.4) is 0 Å². The standard InChI is InChI=1S/C18H15F3N2O4/c1-23(17(24)18(19,20)21)11-5-7-13-12(9-11)22-16(27-13)10-4-6-14(25-2)15(8-10)26-3/h4-9H,1-3H3. The van der Waals surface area contributed by atoms with Gasteiger partial charge in [-0.2, -0.15) is 13.2 Å². The molecule has 0 atom stereocenters. The molecular formula is C18H15F3N2O4. The second-order valence-electron chi connectivity index (χ2n) is 5.60. The van der Waals surface area contributed by atoms with Crippen LogP contribution >= 0.6 is 0 Å². The maximum Gasteiger partial charge on any atom is 0.471 e. The fraction of sp³-hybridized carbons (Fsp3) is 0.222. The average molecular weight is 380 g/mol. The molecule has 0 N–H and O–H groups in total. The number of anilines is 1. The molecule has 27 heavy (non-hydrogen) atoms. The van der Waals surface area contributed by atoms with Gasteiger partial charge < -0.3 is 18.8 Å². The van der Waals surface area contributed by atoms with Crippen LogP contribution in [0, 0.1) is 0 Å². The zero-order valence-corrected chi connectivity index (χ0v) is 14.6. The second-order valence-corrected chi connectivity index (χ2v) is 5.60. The van der Waals surface area contributed by atoms with Crippen molar-refractivity contribution < 1.29 is 31.9 Å². The number of alkyl halides is 3. The number of carbonyl (C=O) groups excluding carboxylic acids is 1. The van der Waals surface area contributed by atoms with Crippen LogP contribution in [0.1, 0.15) is 0 Å². The molecule has 0 aliphatic carbocycles. The molecule has 9 heteroatoms. The van der Waals surface area contributed by atoms with Crippen molar-refractivity contribution in [3.63, 3.8) is 0 Å². The summed E-state index contributed by atoms with van der Waals surface area (Å²) < 4.78 is 53.9. The molecule has 1 heterocycles. The highest BCUT2D eigenvalue weighted by molar-refractivity contribution is 5.98.